The highest BCUT2D eigenvalue weighted by atomic mass is 15.1. The van der Waals surface area contributed by atoms with Crippen LogP contribution in [0.15, 0.2) is 0 Å². The van der Waals surface area contributed by atoms with E-state index in [2.05, 4.69) is 31.1 Å². The molecule has 72 valence electrons. The van der Waals surface area contributed by atoms with Gasteiger partial charge < -0.3 is 10.2 Å². The monoisotopic (exact) mass is 170 g/mol. The number of nitrogens with zero attached hydrogens (tertiary/aromatic N) is 1. The Morgan fingerprint density at radius 2 is 1.92 bits per heavy atom. The van der Waals surface area contributed by atoms with Crippen molar-refractivity contribution in [1.82, 2.24) is 10.2 Å². The van der Waals surface area contributed by atoms with Gasteiger partial charge in [0.15, 0.2) is 0 Å². The van der Waals surface area contributed by atoms with Gasteiger partial charge >= 0.3 is 0 Å². The van der Waals surface area contributed by atoms with E-state index in [1.54, 1.807) is 0 Å². The zero-order valence-electron chi connectivity index (χ0n) is 8.64. The third-order valence-corrected chi connectivity index (χ3v) is 2.89. The smallest absolute Gasteiger partial charge is 0.00356 e. The van der Waals surface area contributed by atoms with Gasteiger partial charge in [-0.25, -0.2) is 0 Å². The third kappa shape index (κ3) is 3.11. The van der Waals surface area contributed by atoms with Gasteiger partial charge in [-0.3, -0.25) is 0 Å². The van der Waals surface area contributed by atoms with Crippen LogP contribution in [0, 0.1) is 5.92 Å². The van der Waals surface area contributed by atoms with Crippen LogP contribution in [0.4, 0.5) is 0 Å². The fraction of sp³-hybridized carbons (Fsp3) is 1.00. The lowest BCUT2D eigenvalue weighted by Crippen LogP contribution is -2.37. The molecule has 0 atom stereocenters. The molecule has 0 unspecified atom stereocenters. The molecule has 0 bridgehead atoms. The van der Waals surface area contributed by atoms with Crippen LogP contribution in [0.1, 0.15) is 26.7 Å². The third-order valence-electron chi connectivity index (χ3n) is 2.89. The summed E-state index contributed by atoms with van der Waals surface area (Å²) in [5.74, 6) is 0.929. The summed E-state index contributed by atoms with van der Waals surface area (Å²) in [6, 6.07) is 0.694. The van der Waals surface area contributed by atoms with Crippen LogP contribution in [0.5, 0.6) is 0 Å². The first-order valence-electron chi connectivity index (χ1n) is 5.11. The van der Waals surface area contributed by atoms with Gasteiger partial charge in [-0.1, -0.05) is 0 Å². The molecule has 12 heavy (non-hydrogen) atoms. The van der Waals surface area contributed by atoms with Crippen molar-refractivity contribution in [3.8, 4) is 0 Å². The molecular formula is C10H22N2. The van der Waals surface area contributed by atoms with Crippen LogP contribution in [0.3, 0.4) is 0 Å². The lowest BCUT2D eigenvalue weighted by Gasteiger charge is -2.29. The first-order valence-corrected chi connectivity index (χ1v) is 5.11. The standard InChI is InChI=1S/C10H22N2/c1-9(2)12(3)8-10-4-6-11-7-5-10/h9-11H,4-8H2,1-3H3. The van der Waals surface area contributed by atoms with E-state index in [4.69, 9.17) is 0 Å². The van der Waals surface area contributed by atoms with Gasteiger partial charge in [-0.05, 0) is 52.7 Å². The molecule has 0 aromatic rings. The van der Waals surface area contributed by atoms with E-state index in [1.807, 2.05) is 0 Å². The van der Waals surface area contributed by atoms with Gasteiger partial charge in [-0.2, -0.15) is 0 Å². The van der Waals surface area contributed by atoms with E-state index in [0.717, 1.165) is 5.92 Å². The van der Waals surface area contributed by atoms with E-state index in [-0.39, 0.29) is 0 Å². The summed E-state index contributed by atoms with van der Waals surface area (Å²) in [5, 5.41) is 3.40. The van der Waals surface area contributed by atoms with Crippen molar-refractivity contribution < 1.29 is 0 Å². The highest BCUT2D eigenvalue weighted by Gasteiger charge is 2.15. The second kappa shape index (κ2) is 4.83. The average Bonchev–Trinajstić information content (AvgIpc) is 2.06. The van der Waals surface area contributed by atoms with Crippen LogP contribution < -0.4 is 5.32 Å². The van der Waals surface area contributed by atoms with Gasteiger partial charge in [0.05, 0.1) is 0 Å². The largest absolute Gasteiger partial charge is 0.317 e. The zero-order valence-corrected chi connectivity index (χ0v) is 8.64. The maximum Gasteiger partial charge on any atom is 0.00356 e. The molecule has 1 rings (SSSR count). The lowest BCUT2D eigenvalue weighted by atomic mass is 9.97. The number of nitrogens with one attached hydrogen (secondary N) is 1. The average molecular weight is 170 g/mol. The number of rotatable bonds is 3. The fourth-order valence-electron chi connectivity index (χ4n) is 1.68. The first-order chi connectivity index (χ1) is 5.70. The van der Waals surface area contributed by atoms with Crippen LogP contribution in [-0.2, 0) is 0 Å². The molecule has 1 aliphatic rings. The molecule has 1 aliphatic heterocycles. The first kappa shape index (κ1) is 10.0. The van der Waals surface area contributed by atoms with E-state index < -0.39 is 0 Å². The molecule has 0 radical (unpaired) electrons. The summed E-state index contributed by atoms with van der Waals surface area (Å²) in [4.78, 5) is 2.45. The van der Waals surface area contributed by atoms with Gasteiger partial charge in [0.25, 0.3) is 0 Å². The predicted octanol–water partition coefficient (Wildman–Crippen LogP) is 1.33. The Hall–Kier alpha value is -0.0800. The Morgan fingerprint density at radius 3 is 2.42 bits per heavy atom. The molecule has 0 saturated carbocycles. The van der Waals surface area contributed by atoms with Crippen LogP contribution in [0.25, 0.3) is 0 Å². The van der Waals surface area contributed by atoms with E-state index in [0.29, 0.717) is 6.04 Å². The molecule has 1 N–H and O–H groups in total. The van der Waals surface area contributed by atoms with Crippen molar-refractivity contribution in [3.05, 3.63) is 0 Å². The highest BCUT2D eigenvalue weighted by Crippen LogP contribution is 2.13. The van der Waals surface area contributed by atoms with Crippen molar-refractivity contribution in [2.75, 3.05) is 26.7 Å². The zero-order chi connectivity index (χ0) is 8.97. The summed E-state index contributed by atoms with van der Waals surface area (Å²) in [7, 11) is 2.23. The van der Waals surface area contributed by atoms with Gasteiger partial charge in [-0.15, -0.1) is 0 Å². The van der Waals surface area contributed by atoms with E-state index in [9.17, 15) is 0 Å². The predicted molar refractivity (Wildman–Crippen MR) is 53.4 cm³/mol. The maximum absolute atomic E-state index is 3.40. The number of hydrogen-bond acceptors (Lipinski definition) is 2. The van der Waals surface area contributed by atoms with Crippen molar-refractivity contribution in [2.45, 2.75) is 32.7 Å². The Bertz CT molecular complexity index is 117. The molecule has 0 amide bonds. The second-order valence-corrected chi connectivity index (χ2v) is 4.23. The quantitative estimate of drug-likeness (QED) is 0.687. The van der Waals surface area contributed by atoms with Gasteiger partial charge in [0, 0.05) is 12.6 Å². The number of piperidine rings is 1. The molecule has 0 aromatic carbocycles. The van der Waals surface area contributed by atoms with E-state index >= 15 is 0 Å². The Labute approximate surface area is 76.3 Å². The van der Waals surface area contributed by atoms with Crippen LogP contribution >= 0.6 is 0 Å². The highest BCUT2D eigenvalue weighted by molar-refractivity contribution is 4.72. The van der Waals surface area contributed by atoms with E-state index in [1.165, 1.54) is 32.5 Å². The molecule has 1 saturated heterocycles. The lowest BCUT2D eigenvalue weighted by molar-refractivity contribution is 0.205. The second-order valence-electron chi connectivity index (χ2n) is 4.23. The Kier molecular flexibility index (Phi) is 4.02. The Balaban J connectivity index is 2.20. The minimum absolute atomic E-state index is 0.694. The minimum atomic E-state index is 0.694. The molecular weight excluding hydrogens is 148 g/mol. The molecule has 2 nitrogen and oxygen atoms in total. The van der Waals surface area contributed by atoms with Crippen LogP contribution in [0.2, 0.25) is 0 Å². The normalized spacial score (nSPS) is 20.8. The molecule has 2 heteroatoms. The van der Waals surface area contributed by atoms with Crippen molar-refractivity contribution >= 4 is 0 Å². The summed E-state index contributed by atoms with van der Waals surface area (Å²) in [6.45, 7) is 8.24. The van der Waals surface area contributed by atoms with Crippen molar-refractivity contribution in [3.63, 3.8) is 0 Å². The fourth-order valence-corrected chi connectivity index (χ4v) is 1.68. The summed E-state index contributed by atoms with van der Waals surface area (Å²) >= 11 is 0. The maximum atomic E-state index is 3.40. The summed E-state index contributed by atoms with van der Waals surface area (Å²) < 4.78 is 0. The van der Waals surface area contributed by atoms with Gasteiger partial charge in [0.2, 0.25) is 0 Å². The SMILES string of the molecule is CC(C)N(C)CC1CCNCC1. The molecule has 0 aromatic heterocycles. The molecule has 1 fully saturated rings. The van der Waals surface area contributed by atoms with Gasteiger partial charge in [0.1, 0.15) is 0 Å². The van der Waals surface area contributed by atoms with Crippen molar-refractivity contribution in [2.24, 2.45) is 5.92 Å². The Morgan fingerprint density at radius 1 is 1.33 bits per heavy atom. The molecule has 1 heterocycles. The van der Waals surface area contributed by atoms with Crippen LogP contribution in [-0.4, -0.2) is 37.6 Å². The molecule has 0 spiro atoms. The molecule has 0 aliphatic carbocycles. The van der Waals surface area contributed by atoms with Crippen molar-refractivity contribution in [1.29, 1.82) is 0 Å². The summed E-state index contributed by atoms with van der Waals surface area (Å²) in [6.07, 6.45) is 2.72. The number of hydrogen-bond donors (Lipinski definition) is 1. The topological polar surface area (TPSA) is 15.3 Å². The summed E-state index contributed by atoms with van der Waals surface area (Å²) in [5.41, 5.74) is 0. The minimum Gasteiger partial charge on any atom is -0.317 e.